The van der Waals surface area contributed by atoms with Crippen molar-refractivity contribution in [3.05, 3.63) is 33.0 Å². The molecule has 166 valence electrons. The monoisotopic (exact) mass is 520 g/mol. The lowest BCUT2D eigenvalue weighted by atomic mass is 10.1. The molecule has 12 heteroatoms. The number of hydrogen-bond acceptors (Lipinski definition) is 4. The number of carbonyl (C=O) groups is 2. The van der Waals surface area contributed by atoms with E-state index in [-0.39, 0.29) is 58.2 Å². The number of rotatable bonds is 2. The minimum Gasteiger partial charge on any atom is -0.391 e. The van der Waals surface area contributed by atoms with Gasteiger partial charge in [0.1, 0.15) is 12.2 Å². The maximum Gasteiger partial charge on any atom is 0.433 e. The number of aromatic nitrogens is 2. The molecule has 4 atom stereocenters. The fraction of sp³-hybridized carbons (Fsp3) is 0.526. The molecule has 0 aromatic carbocycles. The van der Waals surface area contributed by atoms with Crippen molar-refractivity contribution < 1.29 is 27.9 Å². The summed E-state index contributed by atoms with van der Waals surface area (Å²) in [7, 11) is 0. The highest BCUT2D eigenvalue weighted by Crippen LogP contribution is 2.53. The van der Waals surface area contributed by atoms with Crippen LogP contribution in [0.2, 0.25) is 5.02 Å². The van der Waals surface area contributed by atoms with E-state index >= 15 is 0 Å². The van der Waals surface area contributed by atoms with Crippen LogP contribution in [0.15, 0.2) is 16.6 Å². The van der Waals surface area contributed by atoms with E-state index in [2.05, 4.69) is 21.0 Å². The molecular weight excluding hydrogens is 505 g/mol. The van der Waals surface area contributed by atoms with Gasteiger partial charge in [-0.05, 0) is 36.8 Å². The maximum absolute atomic E-state index is 13.4. The van der Waals surface area contributed by atoms with Crippen molar-refractivity contribution >= 4 is 44.9 Å². The van der Waals surface area contributed by atoms with Crippen molar-refractivity contribution in [1.82, 2.24) is 19.4 Å². The number of aliphatic hydroxyl groups excluding tert-OH is 1. The third kappa shape index (κ3) is 3.41. The van der Waals surface area contributed by atoms with Crippen LogP contribution in [0.25, 0.3) is 5.52 Å². The second kappa shape index (κ2) is 7.08. The van der Waals surface area contributed by atoms with Crippen molar-refractivity contribution in [2.45, 2.75) is 31.2 Å². The van der Waals surface area contributed by atoms with Crippen LogP contribution in [0.3, 0.4) is 0 Å². The van der Waals surface area contributed by atoms with Crippen molar-refractivity contribution in [3.8, 4) is 0 Å². The molecule has 0 radical (unpaired) electrons. The molecule has 3 fully saturated rings. The molecule has 1 aliphatic heterocycles. The summed E-state index contributed by atoms with van der Waals surface area (Å²) in [6, 6.07) is 1.96. The zero-order valence-corrected chi connectivity index (χ0v) is 18.3. The number of fused-ring (bicyclic) bond motifs is 2. The first-order valence-corrected chi connectivity index (χ1v) is 10.9. The van der Waals surface area contributed by atoms with Crippen molar-refractivity contribution in [1.29, 1.82) is 0 Å². The molecule has 1 N–H and O–H groups in total. The second-order valence-corrected chi connectivity index (χ2v) is 9.58. The quantitative estimate of drug-likeness (QED) is 0.659. The summed E-state index contributed by atoms with van der Waals surface area (Å²) in [6.45, 7) is 0.191. The van der Waals surface area contributed by atoms with Gasteiger partial charge in [0.2, 0.25) is 5.91 Å². The molecule has 2 aromatic rings. The Balaban J connectivity index is 1.39. The summed E-state index contributed by atoms with van der Waals surface area (Å²) in [5.74, 6) is -0.285. The Labute approximate surface area is 187 Å². The minimum atomic E-state index is -4.71. The van der Waals surface area contributed by atoms with Crippen molar-refractivity contribution in [2.24, 2.45) is 11.8 Å². The van der Waals surface area contributed by atoms with E-state index in [1.54, 1.807) is 4.90 Å². The number of halogens is 5. The summed E-state index contributed by atoms with van der Waals surface area (Å²) in [5, 5.41) is 14.0. The second-order valence-electron chi connectivity index (χ2n) is 8.28. The van der Waals surface area contributed by atoms with Crippen LogP contribution in [0.5, 0.6) is 0 Å². The van der Waals surface area contributed by atoms with E-state index in [9.17, 15) is 27.9 Å². The molecule has 31 heavy (non-hydrogen) atoms. The molecule has 0 unspecified atom stereocenters. The van der Waals surface area contributed by atoms with Crippen LogP contribution in [-0.4, -0.2) is 68.1 Å². The Hall–Kier alpha value is -1.85. The largest absolute Gasteiger partial charge is 0.433 e. The molecule has 2 saturated carbocycles. The summed E-state index contributed by atoms with van der Waals surface area (Å²) in [4.78, 5) is 28.5. The Morgan fingerprint density at radius 1 is 1.26 bits per heavy atom. The van der Waals surface area contributed by atoms with Gasteiger partial charge in [-0.3, -0.25) is 9.59 Å². The number of alkyl halides is 3. The number of piperazine rings is 1. The molecule has 3 aliphatic rings. The van der Waals surface area contributed by atoms with E-state index in [4.69, 9.17) is 11.6 Å². The van der Waals surface area contributed by atoms with Crippen LogP contribution in [0.1, 0.15) is 29.0 Å². The predicted octanol–water partition coefficient (Wildman–Crippen LogP) is 2.82. The lowest BCUT2D eigenvalue weighted by Gasteiger charge is -2.39. The highest BCUT2D eigenvalue weighted by molar-refractivity contribution is 9.10. The SMILES string of the molecule is O=C(c1nn2c(C(F)(F)F)cc(Br)cc2c1Cl)N1CCN([C@H]2C[C@H]3C[C@@H]3[C@H]2O)C(=O)C1. The molecule has 7 nitrogen and oxygen atoms in total. The van der Waals surface area contributed by atoms with Gasteiger partial charge in [-0.15, -0.1) is 0 Å². The third-order valence-corrected chi connectivity index (χ3v) is 7.26. The molecule has 0 bridgehead atoms. The number of aliphatic hydroxyl groups is 1. The lowest BCUT2D eigenvalue weighted by Crippen LogP contribution is -2.57. The predicted molar refractivity (Wildman–Crippen MR) is 107 cm³/mol. The van der Waals surface area contributed by atoms with Crippen molar-refractivity contribution in [3.63, 3.8) is 0 Å². The Morgan fingerprint density at radius 3 is 2.61 bits per heavy atom. The van der Waals surface area contributed by atoms with E-state index in [0.29, 0.717) is 10.4 Å². The standard InChI is InChI=1S/C19H17BrClF3N4O3/c20-9-5-11-15(21)16(25-28(11)13(6-9)19(22,23)24)18(31)26-1-2-27(14(29)7-26)12-4-8-3-10(8)17(12)30/h5-6,8,10,12,17,30H,1-4,7H2/t8-,10+,12+,17-/m1/s1. The van der Waals surface area contributed by atoms with E-state index < -0.39 is 23.9 Å². The number of amides is 2. The first kappa shape index (κ1) is 21.0. The molecule has 2 amide bonds. The van der Waals surface area contributed by atoms with Gasteiger partial charge in [-0.1, -0.05) is 27.5 Å². The van der Waals surface area contributed by atoms with Crippen LogP contribution >= 0.6 is 27.5 Å². The highest BCUT2D eigenvalue weighted by Gasteiger charge is 2.55. The fourth-order valence-corrected chi connectivity index (χ4v) is 5.48. The Morgan fingerprint density at radius 2 is 2.00 bits per heavy atom. The number of nitrogens with zero attached hydrogens (tertiary/aromatic N) is 4. The van der Waals surface area contributed by atoms with Gasteiger partial charge in [0.15, 0.2) is 5.69 Å². The van der Waals surface area contributed by atoms with Gasteiger partial charge in [0.05, 0.1) is 22.7 Å². The van der Waals surface area contributed by atoms with Crippen LogP contribution < -0.4 is 0 Å². The van der Waals surface area contributed by atoms with Gasteiger partial charge < -0.3 is 14.9 Å². The summed E-state index contributed by atoms with van der Waals surface area (Å²) >= 11 is 9.25. The average molecular weight is 522 g/mol. The molecule has 0 spiro atoms. The van der Waals surface area contributed by atoms with Crippen LogP contribution in [0.4, 0.5) is 13.2 Å². The number of carbonyl (C=O) groups excluding carboxylic acids is 2. The molecular formula is C19H17BrClF3N4O3. The van der Waals surface area contributed by atoms with Gasteiger partial charge in [0.25, 0.3) is 5.91 Å². The molecule has 5 rings (SSSR count). The van der Waals surface area contributed by atoms with Gasteiger partial charge >= 0.3 is 6.18 Å². The minimum absolute atomic E-state index is 0.0648. The zero-order chi connectivity index (χ0) is 22.2. The Bertz CT molecular complexity index is 1110. The first-order valence-electron chi connectivity index (χ1n) is 9.78. The summed E-state index contributed by atoms with van der Waals surface area (Å²) in [5.41, 5.74) is -1.48. The topological polar surface area (TPSA) is 78.2 Å². The lowest BCUT2D eigenvalue weighted by molar-refractivity contribution is -0.142. The number of hydrogen-bond donors (Lipinski definition) is 1. The van der Waals surface area contributed by atoms with E-state index in [1.165, 1.54) is 11.0 Å². The summed E-state index contributed by atoms with van der Waals surface area (Å²) < 4.78 is 41.0. The molecule has 1 saturated heterocycles. The molecule has 3 heterocycles. The van der Waals surface area contributed by atoms with Crippen molar-refractivity contribution in [2.75, 3.05) is 19.6 Å². The van der Waals surface area contributed by atoms with Gasteiger partial charge in [-0.2, -0.15) is 18.3 Å². The average Bonchev–Trinajstić information content (AvgIpc) is 3.31. The molecule has 2 aromatic heterocycles. The third-order valence-electron chi connectivity index (χ3n) is 6.43. The van der Waals surface area contributed by atoms with E-state index in [0.717, 1.165) is 18.9 Å². The molecule has 2 aliphatic carbocycles. The van der Waals surface area contributed by atoms with Gasteiger partial charge in [0, 0.05) is 17.6 Å². The maximum atomic E-state index is 13.4. The smallest absolute Gasteiger partial charge is 0.391 e. The van der Waals surface area contributed by atoms with Crippen LogP contribution in [-0.2, 0) is 11.0 Å². The normalized spacial score (nSPS) is 28.4. The fourth-order valence-electron chi connectivity index (χ4n) is 4.79. The number of pyridine rings is 1. The van der Waals surface area contributed by atoms with Crippen LogP contribution in [0, 0.1) is 11.8 Å². The summed E-state index contributed by atoms with van der Waals surface area (Å²) in [6.07, 6.45) is -3.49. The van der Waals surface area contributed by atoms with E-state index in [1.807, 2.05) is 0 Å². The highest BCUT2D eigenvalue weighted by atomic mass is 79.9. The first-order chi connectivity index (χ1) is 14.6. The Kier molecular flexibility index (Phi) is 4.80. The van der Waals surface area contributed by atoms with Gasteiger partial charge in [-0.25, -0.2) is 4.52 Å². The zero-order valence-electron chi connectivity index (χ0n) is 15.9.